The van der Waals surface area contributed by atoms with Crippen molar-refractivity contribution in [3.05, 3.63) is 23.2 Å². The number of nitrogens with one attached hydrogen (secondary N) is 1. The van der Waals surface area contributed by atoms with Crippen molar-refractivity contribution < 1.29 is 14.3 Å². The molecule has 1 rings (SSSR count). The third kappa shape index (κ3) is 6.11. The van der Waals surface area contributed by atoms with Crippen LogP contribution in [0.1, 0.15) is 6.42 Å². The molecule has 0 radical (unpaired) electrons. The predicted molar refractivity (Wildman–Crippen MR) is 78.4 cm³/mol. The van der Waals surface area contributed by atoms with Gasteiger partial charge in [0, 0.05) is 20.1 Å². The molecule has 0 aliphatic carbocycles. The van der Waals surface area contributed by atoms with E-state index in [9.17, 15) is 4.79 Å². The molecule has 0 spiro atoms. The SMILES string of the molecule is COCCOc1c(Cl)cccc1NC(=O)CCN.Cl. The summed E-state index contributed by atoms with van der Waals surface area (Å²) in [6.07, 6.45) is 0.254. The van der Waals surface area contributed by atoms with Crippen LogP contribution in [0.15, 0.2) is 18.2 Å². The number of hydrogen-bond acceptors (Lipinski definition) is 4. The van der Waals surface area contributed by atoms with Crippen LogP contribution in [-0.4, -0.2) is 32.8 Å². The van der Waals surface area contributed by atoms with Crippen LogP contribution in [0.3, 0.4) is 0 Å². The molecule has 0 unspecified atom stereocenters. The van der Waals surface area contributed by atoms with E-state index in [2.05, 4.69) is 5.32 Å². The van der Waals surface area contributed by atoms with Crippen molar-refractivity contribution in [1.29, 1.82) is 0 Å². The van der Waals surface area contributed by atoms with Gasteiger partial charge in [0.25, 0.3) is 0 Å². The first-order valence-corrected chi connectivity index (χ1v) is 5.97. The van der Waals surface area contributed by atoms with E-state index < -0.39 is 0 Å². The summed E-state index contributed by atoms with van der Waals surface area (Å²) in [5.74, 6) is 0.276. The third-order valence-electron chi connectivity index (χ3n) is 2.15. The first kappa shape index (κ1) is 18.0. The number of carbonyl (C=O) groups excluding carboxylic acids is 1. The Labute approximate surface area is 123 Å². The van der Waals surface area contributed by atoms with E-state index in [1.54, 1.807) is 25.3 Å². The molecule has 0 fully saturated rings. The fraction of sp³-hybridized carbons (Fsp3) is 0.417. The minimum Gasteiger partial charge on any atom is -0.487 e. The third-order valence-corrected chi connectivity index (χ3v) is 2.44. The molecule has 0 aliphatic heterocycles. The van der Waals surface area contributed by atoms with Crippen LogP contribution >= 0.6 is 24.0 Å². The number of para-hydroxylation sites is 1. The molecule has 1 aromatic rings. The highest BCUT2D eigenvalue weighted by Gasteiger charge is 2.10. The Morgan fingerprint density at radius 1 is 1.42 bits per heavy atom. The van der Waals surface area contributed by atoms with Gasteiger partial charge in [-0.3, -0.25) is 4.79 Å². The molecule has 0 heterocycles. The molecule has 0 saturated heterocycles. The highest BCUT2D eigenvalue weighted by molar-refractivity contribution is 6.32. The zero-order valence-electron chi connectivity index (χ0n) is 10.6. The van der Waals surface area contributed by atoms with Crippen LogP contribution in [0.25, 0.3) is 0 Å². The summed E-state index contributed by atoms with van der Waals surface area (Å²) in [6, 6.07) is 5.16. The summed E-state index contributed by atoms with van der Waals surface area (Å²) in [5.41, 5.74) is 5.85. The molecule has 1 aromatic carbocycles. The molecule has 0 atom stereocenters. The van der Waals surface area contributed by atoms with Crippen LogP contribution in [-0.2, 0) is 9.53 Å². The van der Waals surface area contributed by atoms with Crippen LogP contribution in [0.4, 0.5) is 5.69 Å². The fourth-order valence-corrected chi connectivity index (χ4v) is 1.55. The highest BCUT2D eigenvalue weighted by Crippen LogP contribution is 2.32. The molecule has 3 N–H and O–H groups in total. The predicted octanol–water partition coefficient (Wildman–Crippen LogP) is 2.07. The normalized spacial score (nSPS) is 9.63. The monoisotopic (exact) mass is 308 g/mol. The van der Waals surface area contributed by atoms with Gasteiger partial charge >= 0.3 is 0 Å². The van der Waals surface area contributed by atoms with E-state index in [1.165, 1.54) is 0 Å². The second-order valence-corrected chi connectivity index (χ2v) is 3.95. The average Bonchev–Trinajstić information content (AvgIpc) is 2.33. The van der Waals surface area contributed by atoms with Gasteiger partial charge in [-0.2, -0.15) is 0 Å². The lowest BCUT2D eigenvalue weighted by Gasteiger charge is -2.13. The number of ether oxygens (including phenoxy) is 2. The highest BCUT2D eigenvalue weighted by atomic mass is 35.5. The Balaban J connectivity index is 0.00000324. The summed E-state index contributed by atoms with van der Waals surface area (Å²) in [4.78, 5) is 11.5. The van der Waals surface area contributed by atoms with E-state index in [-0.39, 0.29) is 24.7 Å². The average molecular weight is 309 g/mol. The second kappa shape index (κ2) is 9.86. The first-order valence-electron chi connectivity index (χ1n) is 5.59. The Hall–Kier alpha value is -1.01. The molecule has 0 aliphatic rings. The molecular weight excluding hydrogens is 291 g/mol. The van der Waals surface area contributed by atoms with E-state index in [1.807, 2.05) is 0 Å². The first-order chi connectivity index (χ1) is 8.69. The minimum absolute atomic E-state index is 0. The number of nitrogens with two attached hydrogens (primary N) is 1. The van der Waals surface area contributed by atoms with E-state index >= 15 is 0 Å². The number of amides is 1. The molecular formula is C12H18Cl2N2O3. The quantitative estimate of drug-likeness (QED) is 0.756. The van der Waals surface area contributed by atoms with Gasteiger partial charge in [0.05, 0.1) is 17.3 Å². The lowest BCUT2D eigenvalue weighted by Crippen LogP contribution is -2.17. The zero-order chi connectivity index (χ0) is 13.4. The number of rotatable bonds is 7. The van der Waals surface area contributed by atoms with Crippen LogP contribution < -0.4 is 15.8 Å². The number of carbonyl (C=O) groups is 1. The van der Waals surface area contributed by atoms with Crippen molar-refractivity contribution in [2.45, 2.75) is 6.42 Å². The van der Waals surface area contributed by atoms with Crippen molar-refractivity contribution in [3.8, 4) is 5.75 Å². The lowest BCUT2D eigenvalue weighted by atomic mass is 10.2. The Morgan fingerprint density at radius 2 is 2.16 bits per heavy atom. The van der Waals surface area contributed by atoms with Crippen molar-refractivity contribution in [2.24, 2.45) is 5.73 Å². The Kier molecular flexibility index (Phi) is 9.34. The van der Waals surface area contributed by atoms with Crippen molar-refractivity contribution >= 4 is 35.6 Å². The fourth-order valence-electron chi connectivity index (χ4n) is 1.32. The van der Waals surface area contributed by atoms with Crippen LogP contribution in [0, 0.1) is 0 Å². The molecule has 5 nitrogen and oxygen atoms in total. The Bertz CT molecular complexity index is 403. The summed E-state index contributed by atoms with van der Waals surface area (Å²) >= 11 is 6.03. The number of methoxy groups -OCH3 is 1. The van der Waals surface area contributed by atoms with Crippen molar-refractivity contribution in [1.82, 2.24) is 0 Å². The molecule has 0 bridgehead atoms. The van der Waals surface area contributed by atoms with Gasteiger partial charge < -0.3 is 20.5 Å². The van der Waals surface area contributed by atoms with Gasteiger partial charge in [-0.15, -0.1) is 12.4 Å². The van der Waals surface area contributed by atoms with Gasteiger partial charge in [-0.25, -0.2) is 0 Å². The molecule has 0 aromatic heterocycles. The van der Waals surface area contributed by atoms with Gasteiger partial charge in [-0.05, 0) is 12.1 Å². The van der Waals surface area contributed by atoms with E-state index in [0.717, 1.165) is 0 Å². The van der Waals surface area contributed by atoms with E-state index in [0.29, 0.717) is 36.2 Å². The molecule has 19 heavy (non-hydrogen) atoms. The van der Waals surface area contributed by atoms with Crippen molar-refractivity contribution in [3.63, 3.8) is 0 Å². The standard InChI is InChI=1S/C12H17ClN2O3.ClH/c1-17-7-8-18-12-9(13)3-2-4-10(12)15-11(16)5-6-14;/h2-4H,5-8,14H2,1H3,(H,15,16);1H. The zero-order valence-corrected chi connectivity index (χ0v) is 12.2. The summed E-state index contributed by atoms with van der Waals surface area (Å²) in [7, 11) is 1.58. The molecule has 7 heteroatoms. The van der Waals surface area contributed by atoms with Crippen LogP contribution in [0.5, 0.6) is 5.75 Å². The van der Waals surface area contributed by atoms with Crippen LogP contribution in [0.2, 0.25) is 5.02 Å². The van der Waals surface area contributed by atoms with Gasteiger partial charge in [-0.1, -0.05) is 17.7 Å². The number of hydrogen-bond donors (Lipinski definition) is 2. The maximum atomic E-state index is 11.5. The molecule has 1 amide bonds. The van der Waals surface area contributed by atoms with Gasteiger partial charge in [0.1, 0.15) is 6.61 Å². The van der Waals surface area contributed by atoms with Gasteiger partial charge in [0.15, 0.2) is 5.75 Å². The maximum Gasteiger partial charge on any atom is 0.225 e. The summed E-state index contributed by atoms with van der Waals surface area (Å²) in [5, 5.41) is 3.15. The summed E-state index contributed by atoms with van der Waals surface area (Å²) in [6.45, 7) is 1.10. The largest absolute Gasteiger partial charge is 0.487 e. The second-order valence-electron chi connectivity index (χ2n) is 3.54. The number of anilines is 1. The molecule has 0 saturated carbocycles. The lowest BCUT2D eigenvalue weighted by molar-refractivity contribution is -0.116. The molecule has 108 valence electrons. The number of benzene rings is 1. The van der Waals surface area contributed by atoms with Gasteiger partial charge in [0.2, 0.25) is 5.91 Å². The maximum absolute atomic E-state index is 11.5. The van der Waals surface area contributed by atoms with E-state index in [4.69, 9.17) is 26.8 Å². The number of halogens is 2. The van der Waals surface area contributed by atoms with Crippen molar-refractivity contribution in [2.75, 3.05) is 32.2 Å². The topological polar surface area (TPSA) is 73.6 Å². The smallest absolute Gasteiger partial charge is 0.225 e. The Morgan fingerprint density at radius 3 is 2.79 bits per heavy atom. The summed E-state index contributed by atoms with van der Waals surface area (Å²) < 4.78 is 10.4. The minimum atomic E-state index is -0.170.